The minimum absolute atomic E-state index is 0.170. The van der Waals surface area contributed by atoms with Gasteiger partial charge in [0.1, 0.15) is 6.10 Å². The minimum atomic E-state index is -3.42. The van der Waals surface area contributed by atoms with Crippen LogP contribution in [0.25, 0.3) is 0 Å². The summed E-state index contributed by atoms with van der Waals surface area (Å²) in [5, 5.41) is 2.76. The number of nitrogens with zero attached hydrogens (tertiary/aromatic N) is 1. The largest absolute Gasteiger partial charge is 0.368 e. The number of sulfonamides is 1. The Morgan fingerprint density at radius 1 is 1.39 bits per heavy atom. The van der Waals surface area contributed by atoms with Gasteiger partial charge in [-0.2, -0.15) is 0 Å². The van der Waals surface area contributed by atoms with E-state index in [9.17, 15) is 13.2 Å². The zero-order chi connectivity index (χ0) is 17.0. The van der Waals surface area contributed by atoms with E-state index in [4.69, 9.17) is 4.74 Å². The van der Waals surface area contributed by atoms with Crippen LogP contribution in [0.5, 0.6) is 0 Å². The third-order valence-electron chi connectivity index (χ3n) is 3.86. The lowest BCUT2D eigenvalue weighted by molar-refractivity contribution is -0.129. The van der Waals surface area contributed by atoms with Crippen LogP contribution in [-0.4, -0.2) is 46.4 Å². The summed E-state index contributed by atoms with van der Waals surface area (Å²) in [4.78, 5) is 11.9. The van der Waals surface area contributed by atoms with E-state index >= 15 is 0 Å². The summed E-state index contributed by atoms with van der Waals surface area (Å²) in [6.07, 6.45) is 2.38. The Labute approximate surface area is 137 Å². The third-order valence-corrected chi connectivity index (χ3v) is 5.04. The molecule has 2 rings (SSSR count). The van der Waals surface area contributed by atoms with Crippen LogP contribution in [0.2, 0.25) is 0 Å². The first-order chi connectivity index (χ1) is 10.8. The number of carbonyl (C=O) groups is 1. The SMILES string of the molecule is Cc1ccc(N(CCNC(=O)C2CCCO2)S(C)(=O)=O)c(C)c1. The summed E-state index contributed by atoms with van der Waals surface area (Å²) in [7, 11) is -3.42. The fraction of sp³-hybridized carbons (Fsp3) is 0.562. The minimum Gasteiger partial charge on any atom is -0.368 e. The van der Waals surface area contributed by atoms with Crippen LogP contribution in [0.15, 0.2) is 18.2 Å². The zero-order valence-corrected chi connectivity index (χ0v) is 14.6. The molecule has 1 aromatic carbocycles. The average molecular weight is 340 g/mol. The van der Waals surface area contributed by atoms with Gasteiger partial charge in [0.15, 0.2) is 0 Å². The van der Waals surface area contributed by atoms with Gasteiger partial charge in [-0.1, -0.05) is 17.7 Å². The number of aryl methyl sites for hydroxylation is 2. The van der Waals surface area contributed by atoms with Crippen molar-refractivity contribution in [2.45, 2.75) is 32.8 Å². The number of hydrogen-bond donors (Lipinski definition) is 1. The van der Waals surface area contributed by atoms with E-state index in [1.165, 1.54) is 10.6 Å². The Balaban J connectivity index is 2.03. The molecule has 7 heteroatoms. The summed E-state index contributed by atoms with van der Waals surface area (Å²) in [6.45, 7) is 4.89. The van der Waals surface area contributed by atoms with Crippen LogP contribution in [-0.2, 0) is 19.6 Å². The van der Waals surface area contributed by atoms with Crippen LogP contribution < -0.4 is 9.62 Å². The van der Waals surface area contributed by atoms with Crippen molar-refractivity contribution in [3.8, 4) is 0 Å². The molecule has 1 aromatic rings. The first kappa shape index (κ1) is 17.7. The molecular weight excluding hydrogens is 316 g/mol. The van der Waals surface area contributed by atoms with E-state index in [0.717, 1.165) is 24.0 Å². The summed E-state index contributed by atoms with van der Waals surface area (Å²) < 4.78 is 30.8. The molecule has 1 amide bonds. The molecule has 23 heavy (non-hydrogen) atoms. The van der Waals surface area contributed by atoms with Crippen LogP contribution in [0.1, 0.15) is 24.0 Å². The zero-order valence-electron chi connectivity index (χ0n) is 13.8. The van der Waals surface area contributed by atoms with E-state index in [2.05, 4.69) is 5.32 Å². The predicted molar refractivity (Wildman–Crippen MR) is 90.1 cm³/mol. The number of carbonyl (C=O) groups excluding carboxylic acids is 1. The van der Waals surface area contributed by atoms with Crippen molar-refractivity contribution in [3.63, 3.8) is 0 Å². The molecule has 1 aliphatic rings. The second kappa shape index (κ2) is 7.31. The van der Waals surface area contributed by atoms with Crippen LogP contribution >= 0.6 is 0 Å². The highest BCUT2D eigenvalue weighted by Crippen LogP contribution is 2.23. The molecule has 0 aliphatic carbocycles. The Morgan fingerprint density at radius 2 is 2.13 bits per heavy atom. The first-order valence-corrected chi connectivity index (χ1v) is 9.58. The molecule has 1 heterocycles. The van der Waals surface area contributed by atoms with Crippen molar-refractivity contribution >= 4 is 21.6 Å². The van der Waals surface area contributed by atoms with Crippen molar-refractivity contribution in [2.75, 3.05) is 30.3 Å². The van der Waals surface area contributed by atoms with E-state index in [1.54, 1.807) is 6.07 Å². The van der Waals surface area contributed by atoms with Gasteiger partial charge in [0.25, 0.3) is 0 Å². The second-order valence-corrected chi connectivity index (χ2v) is 7.82. The summed E-state index contributed by atoms with van der Waals surface area (Å²) in [5.41, 5.74) is 2.61. The average Bonchev–Trinajstić information content (AvgIpc) is 2.97. The van der Waals surface area contributed by atoms with Gasteiger partial charge in [0.05, 0.1) is 18.5 Å². The maximum atomic E-state index is 12.1. The van der Waals surface area contributed by atoms with E-state index in [0.29, 0.717) is 12.3 Å². The lowest BCUT2D eigenvalue weighted by Crippen LogP contribution is -2.41. The Kier molecular flexibility index (Phi) is 5.64. The van der Waals surface area contributed by atoms with Gasteiger partial charge in [-0.15, -0.1) is 0 Å². The summed E-state index contributed by atoms with van der Waals surface area (Å²) >= 11 is 0. The Morgan fingerprint density at radius 3 is 2.70 bits per heavy atom. The molecule has 1 fully saturated rings. The quantitative estimate of drug-likeness (QED) is 0.848. The molecule has 1 saturated heterocycles. The molecule has 128 valence electrons. The number of benzene rings is 1. The topological polar surface area (TPSA) is 75.7 Å². The van der Waals surface area contributed by atoms with Gasteiger partial charge in [-0.25, -0.2) is 8.42 Å². The number of amides is 1. The van der Waals surface area contributed by atoms with Crippen molar-refractivity contribution in [2.24, 2.45) is 0 Å². The molecule has 0 aromatic heterocycles. The van der Waals surface area contributed by atoms with Crippen LogP contribution in [0.4, 0.5) is 5.69 Å². The Bertz CT molecular complexity index is 667. The van der Waals surface area contributed by atoms with Gasteiger partial charge < -0.3 is 10.1 Å². The van der Waals surface area contributed by atoms with Crippen molar-refractivity contribution < 1.29 is 17.9 Å². The first-order valence-electron chi connectivity index (χ1n) is 7.73. The number of rotatable bonds is 6. The van der Waals surface area contributed by atoms with Crippen molar-refractivity contribution in [1.29, 1.82) is 0 Å². The number of anilines is 1. The molecule has 0 spiro atoms. The van der Waals surface area contributed by atoms with Crippen LogP contribution in [0.3, 0.4) is 0 Å². The molecular formula is C16H24N2O4S. The molecule has 1 N–H and O–H groups in total. The molecule has 6 nitrogen and oxygen atoms in total. The highest BCUT2D eigenvalue weighted by atomic mass is 32.2. The third kappa shape index (κ3) is 4.68. The molecule has 0 saturated carbocycles. The van der Waals surface area contributed by atoms with Gasteiger partial charge in [0, 0.05) is 13.2 Å². The maximum absolute atomic E-state index is 12.1. The number of ether oxygens (including phenoxy) is 1. The van der Waals surface area contributed by atoms with Crippen LogP contribution in [0, 0.1) is 13.8 Å². The lowest BCUT2D eigenvalue weighted by Gasteiger charge is -2.24. The van der Waals surface area contributed by atoms with Gasteiger partial charge in [-0.3, -0.25) is 9.10 Å². The second-order valence-electron chi connectivity index (χ2n) is 5.92. The monoisotopic (exact) mass is 340 g/mol. The van der Waals surface area contributed by atoms with Crippen molar-refractivity contribution in [1.82, 2.24) is 5.32 Å². The molecule has 1 unspecified atom stereocenters. The maximum Gasteiger partial charge on any atom is 0.249 e. The van der Waals surface area contributed by atoms with Gasteiger partial charge in [0.2, 0.25) is 15.9 Å². The van der Waals surface area contributed by atoms with E-state index < -0.39 is 16.1 Å². The number of hydrogen-bond acceptors (Lipinski definition) is 4. The number of nitrogens with one attached hydrogen (secondary N) is 1. The smallest absolute Gasteiger partial charge is 0.249 e. The highest BCUT2D eigenvalue weighted by molar-refractivity contribution is 7.92. The van der Waals surface area contributed by atoms with Gasteiger partial charge >= 0.3 is 0 Å². The molecule has 1 atom stereocenters. The predicted octanol–water partition coefficient (Wildman–Crippen LogP) is 1.36. The van der Waals surface area contributed by atoms with Crippen molar-refractivity contribution in [3.05, 3.63) is 29.3 Å². The lowest BCUT2D eigenvalue weighted by atomic mass is 10.1. The Hall–Kier alpha value is -1.60. The molecule has 0 radical (unpaired) electrons. The standard InChI is InChI=1S/C16H24N2O4S/c1-12-6-7-14(13(2)11-12)18(23(3,20)21)9-8-17-16(19)15-5-4-10-22-15/h6-7,11,15H,4-5,8-10H2,1-3H3,(H,17,19). The highest BCUT2D eigenvalue weighted by Gasteiger charge is 2.24. The normalized spacial score (nSPS) is 18.0. The fourth-order valence-electron chi connectivity index (χ4n) is 2.73. The summed E-state index contributed by atoms with van der Waals surface area (Å²) in [6, 6.07) is 5.62. The molecule has 0 bridgehead atoms. The van der Waals surface area contributed by atoms with Gasteiger partial charge in [-0.05, 0) is 38.3 Å². The molecule has 1 aliphatic heterocycles. The van der Waals surface area contributed by atoms with E-state index in [1.807, 2.05) is 26.0 Å². The summed E-state index contributed by atoms with van der Waals surface area (Å²) in [5.74, 6) is -0.170. The fourth-order valence-corrected chi connectivity index (χ4v) is 3.71. The van der Waals surface area contributed by atoms with E-state index in [-0.39, 0.29) is 19.0 Å².